The van der Waals surface area contributed by atoms with E-state index in [9.17, 15) is 19.2 Å². The van der Waals surface area contributed by atoms with Crippen molar-refractivity contribution in [2.24, 2.45) is 0 Å². The summed E-state index contributed by atoms with van der Waals surface area (Å²) in [6.07, 6.45) is 0. The second kappa shape index (κ2) is 13.2. The van der Waals surface area contributed by atoms with Gasteiger partial charge in [-0.05, 0) is 0 Å². The Morgan fingerprint density at radius 2 is 0.818 bits per heavy atom. The van der Waals surface area contributed by atoms with Crippen molar-refractivity contribution in [1.29, 1.82) is 0 Å². The molecule has 0 rings (SSSR count). The number of nitrogens with zero attached hydrogens (tertiary/aromatic N) is 2. The second-order valence-corrected chi connectivity index (χ2v) is 4.00. The van der Waals surface area contributed by atoms with Crippen molar-refractivity contribution < 1.29 is 42.5 Å². The largest absolute Gasteiger partial charge is 2.00 e. The van der Waals surface area contributed by atoms with Crippen molar-refractivity contribution in [3.63, 3.8) is 0 Å². The Hall–Kier alpha value is -1.47. The Morgan fingerprint density at radius 3 is 0.955 bits per heavy atom. The van der Waals surface area contributed by atoms with E-state index in [-0.39, 0.29) is 45.1 Å². The first-order valence-electron chi connectivity index (χ1n) is 5.52. The van der Waals surface area contributed by atoms with Gasteiger partial charge < -0.3 is 29.4 Å². The molecule has 0 spiro atoms. The minimum absolute atomic E-state index is 0. The van der Waals surface area contributed by atoms with Gasteiger partial charge in [0.2, 0.25) is 0 Å². The van der Waals surface area contributed by atoms with E-state index >= 15 is 0 Å². The third-order valence-corrected chi connectivity index (χ3v) is 2.17. The number of hydrogen-bond acceptors (Lipinski definition) is 7. The third kappa shape index (κ3) is 14.9. The Kier molecular flexibility index (Phi) is 15.3. The van der Waals surface area contributed by atoms with E-state index in [4.69, 9.17) is 20.4 Å². The van der Waals surface area contributed by atoms with Crippen LogP contribution in [0.3, 0.4) is 0 Å². The van der Waals surface area contributed by atoms with Gasteiger partial charge in [0.1, 0.15) is 0 Å². The van der Waals surface area contributed by atoms with Crippen LogP contribution in [-0.4, -0.2) is 116 Å². The van der Waals surface area contributed by atoms with Crippen LogP contribution in [0.25, 0.3) is 0 Å². The summed E-state index contributed by atoms with van der Waals surface area (Å²) >= 11 is 0. The number of carbonyl (C=O) groups is 4. The van der Waals surface area contributed by atoms with Crippen LogP contribution in [-0.2, 0) is 19.2 Å². The van der Waals surface area contributed by atoms with Crippen molar-refractivity contribution in [2.75, 3.05) is 39.3 Å². The molecule has 0 atom stereocenters. The van der Waals surface area contributed by atoms with Crippen LogP contribution in [0, 0.1) is 0 Å². The molecule has 0 aromatic rings. The first-order valence-corrected chi connectivity index (χ1v) is 5.52. The molecule has 0 aromatic carbocycles. The summed E-state index contributed by atoms with van der Waals surface area (Å²) in [5.41, 5.74) is 0. The molecule has 0 bridgehead atoms. The topological polar surface area (TPSA) is 191 Å². The van der Waals surface area contributed by atoms with E-state index in [1.807, 2.05) is 0 Å². The molecule has 0 unspecified atom stereocenters. The minimum atomic E-state index is -1.23. The van der Waals surface area contributed by atoms with Crippen LogP contribution in [0.5, 0.6) is 0 Å². The summed E-state index contributed by atoms with van der Waals surface area (Å²) in [4.78, 5) is 44.4. The normalized spacial score (nSPS) is 9.73. The molecule has 0 aliphatic carbocycles. The fourth-order valence-corrected chi connectivity index (χ4v) is 1.48. The van der Waals surface area contributed by atoms with Crippen molar-refractivity contribution in [3.05, 3.63) is 0 Å². The van der Waals surface area contributed by atoms with Crippen LogP contribution in [0.4, 0.5) is 0 Å². The molecule has 0 radical (unpaired) electrons. The zero-order valence-electron chi connectivity index (χ0n) is 14.0. The average Bonchev–Trinajstić information content (AvgIpc) is 2.22. The van der Waals surface area contributed by atoms with Gasteiger partial charge in [-0.3, -0.25) is 29.0 Å². The molecule has 126 valence electrons. The van der Waals surface area contributed by atoms with Crippen LogP contribution in [0.2, 0.25) is 0 Å². The first kappa shape index (κ1) is 25.5. The average molecular weight is 336 g/mol. The van der Waals surface area contributed by atoms with E-state index in [1.54, 1.807) is 0 Å². The van der Waals surface area contributed by atoms with Gasteiger partial charge in [-0.2, -0.15) is 0 Å². The smallest absolute Gasteiger partial charge is 1.00 e. The molecule has 0 aromatic heterocycles. The van der Waals surface area contributed by atoms with E-state index in [2.05, 4.69) is 0 Å². The number of aliphatic carboxylic acids is 4. The van der Waals surface area contributed by atoms with Gasteiger partial charge in [-0.15, -0.1) is 0 Å². The van der Waals surface area contributed by atoms with Crippen molar-refractivity contribution in [3.8, 4) is 0 Å². The van der Waals surface area contributed by atoms with Crippen molar-refractivity contribution >= 4 is 46.9 Å². The summed E-state index contributed by atoms with van der Waals surface area (Å²) in [5, 5.41) is 34.5. The summed E-state index contributed by atoms with van der Waals surface area (Å²) in [6, 6.07) is 0. The van der Waals surface area contributed by atoms with Gasteiger partial charge in [-0.1, -0.05) is 0 Å². The van der Waals surface area contributed by atoms with Gasteiger partial charge in [0.05, 0.1) is 26.2 Å². The van der Waals surface area contributed by atoms with Gasteiger partial charge in [0, 0.05) is 13.1 Å². The van der Waals surface area contributed by atoms with Crippen LogP contribution in [0.15, 0.2) is 0 Å². The molecule has 0 fully saturated rings. The zero-order chi connectivity index (χ0) is 15.7. The minimum Gasteiger partial charge on any atom is -1.00 e. The Bertz CT molecular complexity index is 334. The SMILES string of the molecule is N.O=C(O)CN(CCN(CC(=O)O)CC(=O)O)CC(=O)O.[H-].[H-].[Mg+2]. The van der Waals surface area contributed by atoms with E-state index < -0.39 is 50.1 Å². The van der Waals surface area contributed by atoms with E-state index in [0.717, 1.165) is 9.80 Å². The molecule has 0 heterocycles. The molecule has 0 saturated heterocycles. The maximum Gasteiger partial charge on any atom is 2.00 e. The second-order valence-electron chi connectivity index (χ2n) is 4.00. The van der Waals surface area contributed by atoms with Gasteiger partial charge in [0.15, 0.2) is 0 Å². The van der Waals surface area contributed by atoms with Crippen molar-refractivity contribution in [1.82, 2.24) is 16.0 Å². The standard InChI is InChI=1S/C10H16N2O8.Mg.H3N.2H/c13-7(14)3-11(4-8(15)16)1-2-12(5-9(17)18)6-10(19)20;;;;/h1-6H2,(H,13,14)(H,15,16)(H,17,18)(H,19,20);;1H3;;/q;+2;;2*-1. The molecular formula is C10H21MgN3O8. The Labute approximate surface area is 145 Å². The van der Waals surface area contributed by atoms with E-state index in [1.165, 1.54) is 0 Å². The number of hydrogen-bond donors (Lipinski definition) is 5. The fraction of sp³-hybridized carbons (Fsp3) is 0.600. The quantitative estimate of drug-likeness (QED) is 0.261. The summed E-state index contributed by atoms with van der Waals surface area (Å²) in [7, 11) is 0. The summed E-state index contributed by atoms with van der Waals surface area (Å²) in [5.74, 6) is -4.91. The third-order valence-electron chi connectivity index (χ3n) is 2.17. The van der Waals surface area contributed by atoms with Gasteiger partial charge in [0.25, 0.3) is 0 Å². The maximum absolute atomic E-state index is 10.6. The van der Waals surface area contributed by atoms with E-state index in [0.29, 0.717) is 0 Å². The van der Waals surface area contributed by atoms with Gasteiger partial charge in [-0.25, -0.2) is 0 Å². The molecule has 11 nitrogen and oxygen atoms in total. The van der Waals surface area contributed by atoms with Crippen LogP contribution >= 0.6 is 0 Å². The summed E-state index contributed by atoms with van der Waals surface area (Å²) in [6.45, 7) is -2.25. The zero-order valence-corrected chi connectivity index (χ0v) is 13.4. The van der Waals surface area contributed by atoms with Crippen molar-refractivity contribution in [2.45, 2.75) is 0 Å². The number of carboxylic acid groups (broad SMARTS) is 4. The Morgan fingerprint density at radius 1 is 0.636 bits per heavy atom. The molecule has 22 heavy (non-hydrogen) atoms. The van der Waals surface area contributed by atoms with Crippen LogP contribution < -0.4 is 6.15 Å². The summed E-state index contributed by atoms with van der Waals surface area (Å²) < 4.78 is 0. The van der Waals surface area contributed by atoms with Crippen LogP contribution in [0.1, 0.15) is 2.85 Å². The molecule has 0 saturated carbocycles. The Balaban J connectivity index is -0.000000301. The molecule has 0 amide bonds. The fourth-order valence-electron chi connectivity index (χ4n) is 1.48. The molecule has 0 aliphatic rings. The molecular weight excluding hydrogens is 314 g/mol. The monoisotopic (exact) mass is 335 g/mol. The predicted molar refractivity (Wildman–Crippen MR) is 76.4 cm³/mol. The molecule has 0 aliphatic heterocycles. The van der Waals surface area contributed by atoms with Gasteiger partial charge >= 0.3 is 46.9 Å². The number of rotatable bonds is 11. The first-order chi connectivity index (χ1) is 9.20. The maximum atomic E-state index is 10.6. The molecule has 7 N–H and O–H groups in total. The molecule has 12 heteroatoms. The predicted octanol–water partition coefficient (Wildman–Crippen LogP) is -2.06. The number of carboxylic acids is 4.